The molecule has 0 atom stereocenters. The largest absolute Gasteiger partial charge is 0.478 e. The Bertz CT molecular complexity index is 646. The summed E-state index contributed by atoms with van der Waals surface area (Å²) < 4.78 is 12.9. The second kappa shape index (κ2) is 5.21. The Morgan fingerprint density at radius 1 is 1.21 bits per heavy atom. The molecule has 0 unspecified atom stereocenters. The van der Waals surface area contributed by atoms with Crippen LogP contribution in [-0.4, -0.2) is 27.0 Å². The van der Waals surface area contributed by atoms with E-state index in [0.29, 0.717) is 0 Å². The van der Waals surface area contributed by atoms with Crippen molar-refractivity contribution in [2.24, 2.45) is 0 Å². The van der Waals surface area contributed by atoms with Gasteiger partial charge in [0.25, 0.3) is 5.91 Å². The number of nitrogens with zero attached hydrogens (tertiary/aromatic N) is 2. The molecule has 0 aliphatic rings. The molecular formula is C12H8FN3O3. The third-order valence-corrected chi connectivity index (χ3v) is 2.27. The number of pyridine rings is 2. The standard InChI is InChI=1S/C12H8FN3O3/c13-8-3-7(4-15-5-8)11(17)16-10-6-14-2-1-9(10)12(18)19/h1-6H,(H,16,17)(H,18,19). The van der Waals surface area contributed by atoms with Gasteiger partial charge in [0.15, 0.2) is 0 Å². The number of carboxylic acids is 1. The fraction of sp³-hybridized carbons (Fsp3) is 0. The van der Waals surface area contributed by atoms with Gasteiger partial charge >= 0.3 is 5.97 Å². The van der Waals surface area contributed by atoms with Crippen molar-refractivity contribution >= 4 is 17.6 Å². The molecule has 0 spiro atoms. The number of hydrogen-bond donors (Lipinski definition) is 2. The smallest absolute Gasteiger partial charge is 0.337 e. The number of amides is 1. The third-order valence-electron chi connectivity index (χ3n) is 2.27. The molecule has 19 heavy (non-hydrogen) atoms. The van der Waals surface area contributed by atoms with Crippen molar-refractivity contribution in [2.75, 3.05) is 5.32 Å². The summed E-state index contributed by atoms with van der Waals surface area (Å²) in [6, 6.07) is 2.25. The normalized spacial score (nSPS) is 9.95. The molecule has 96 valence electrons. The first-order valence-corrected chi connectivity index (χ1v) is 5.17. The molecule has 0 aromatic carbocycles. The molecular weight excluding hydrogens is 253 g/mol. The van der Waals surface area contributed by atoms with Crippen LogP contribution in [0.25, 0.3) is 0 Å². The number of aromatic nitrogens is 2. The van der Waals surface area contributed by atoms with Crippen LogP contribution in [0.5, 0.6) is 0 Å². The average molecular weight is 261 g/mol. The van der Waals surface area contributed by atoms with Gasteiger partial charge in [0, 0.05) is 12.4 Å². The van der Waals surface area contributed by atoms with E-state index in [1.165, 1.54) is 24.7 Å². The predicted octanol–water partition coefficient (Wildman–Crippen LogP) is 1.57. The Hall–Kier alpha value is -2.83. The van der Waals surface area contributed by atoms with Crippen molar-refractivity contribution < 1.29 is 19.1 Å². The first-order valence-electron chi connectivity index (χ1n) is 5.17. The lowest BCUT2D eigenvalue weighted by Gasteiger charge is -2.07. The van der Waals surface area contributed by atoms with E-state index in [9.17, 15) is 14.0 Å². The molecule has 2 aromatic rings. The lowest BCUT2D eigenvalue weighted by atomic mass is 10.2. The number of carbonyl (C=O) groups excluding carboxylic acids is 1. The van der Waals surface area contributed by atoms with Crippen molar-refractivity contribution in [1.29, 1.82) is 0 Å². The van der Waals surface area contributed by atoms with E-state index >= 15 is 0 Å². The number of carboxylic acid groups (broad SMARTS) is 1. The molecule has 2 N–H and O–H groups in total. The molecule has 7 heteroatoms. The summed E-state index contributed by atoms with van der Waals surface area (Å²) in [6.07, 6.45) is 4.63. The predicted molar refractivity (Wildman–Crippen MR) is 63.3 cm³/mol. The van der Waals surface area contributed by atoms with Gasteiger partial charge in [0.1, 0.15) is 5.82 Å². The molecule has 2 heterocycles. The van der Waals surface area contributed by atoms with E-state index in [-0.39, 0.29) is 16.8 Å². The number of halogens is 1. The van der Waals surface area contributed by atoms with Crippen LogP contribution in [0.1, 0.15) is 20.7 Å². The Morgan fingerprint density at radius 2 is 2.00 bits per heavy atom. The highest BCUT2D eigenvalue weighted by atomic mass is 19.1. The van der Waals surface area contributed by atoms with E-state index in [1.807, 2.05) is 0 Å². The summed E-state index contributed by atoms with van der Waals surface area (Å²) in [6.45, 7) is 0. The first-order chi connectivity index (χ1) is 9.08. The summed E-state index contributed by atoms with van der Waals surface area (Å²) in [5.74, 6) is -2.52. The summed E-state index contributed by atoms with van der Waals surface area (Å²) in [7, 11) is 0. The summed E-state index contributed by atoms with van der Waals surface area (Å²) >= 11 is 0. The molecule has 2 rings (SSSR count). The van der Waals surface area contributed by atoms with Gasteiger partial charge in [-0.15, -0.1) is 0 Å². The number of nitrogens with one attached hydrogen (secondary N) is 1. The van der Waals surface area contributed by atoms with Gasteiger partial charge in [-0.2, -0.15) is 0 Å². The zero-order chi connectivity index (χ0) is 13.8. The van der Waals surface area contributed by atoms with E-state index in [2.05, 4.69) is 15.3 Å². The maximum atomic E-state index is 12.9. The minimum absolute atomic E-state index is 0.0137. The molecule has 0 radical (unpaired) electrons. The highest BCUT2D eigenvalue weighted by Crippen LogP contribution is 2.14. The summed E-state index contributed by atoms with van der Waals surface area (Å²) in [5.41, 5.74) is -0.0860. The van der Waals surface area contributed by atoms with Crippen molar-refractivity contribution in [1.82, 2.24) is 9.97 Å². The van der Waals surface area contributed by atoms with Crippen molar-refractivity contribution in [2.45, 2.75) is 0 Å². The summed E-state index contributed by atoms with van der Waals surface area (Å²) in [4.78, 5) is 30.0. The first kappa shape index (κ1) is 12.6. The van der Waals surface area contributed by atoms with Crippen LogP contribution in [0, 0.1) is 5.82 Å². The molecule has 0 bridgehead atoms. The maximum Gasteiger partial charge on any atom is 0.337 e. The van der Waals surface area contributed by atoms with Crippen molar-refractivity contribution in [3.8, 4) is 0 Å². The molecule has 0 fully saturated rings. The van der Waals surface area contributed by atoms with Crippen LogP contribution in [0.2, 0.25) is 0 Å². The highest BCUT2D eigenvalue weighted by molar-refractivity contribution is 6.07. The van der Waals surface area contributed by atoms with Crippen LogP contribution in [-0.2, 0) is 0 Å². The Kier molecular flexibility index (Phi) is 3.46. The zero-order valence-electron chi connectivity index (χ0n) is 9.50. The number of aromatic carboxylic acids is 1. The molecule has 1 amide bonds. The van der Waals surface area contributed by atoms with Gasteiger partial charge in [-0.05, 0) is 12.1 Å². The second-order valence-corrected chi connectivity index (χ2v) is 3.57. The Labute approximate surface area is 106 Å². The highest BCUT2D eigenvalue weighted by Gasteiger charge is 2.14. The SMILES string of the molecule is O=C(Nc1cnccc1C(=O)O)c1cncc(F)c1. The van der Waals surface area contributed by atoms with Crippen LogP contribution in [0.4, 0.5) is 10.1 Å². The fourth-order valence-electron chi connectivity index (χ4n) is 1.41. The van der Waals surface area contributed by atoms with E-state index in [1.54, 1.807) is 0 Å². The molecule has 6 nitrogen and oxygen atoms in total. The van der Waals surface area contributed by atoms with Gasteiger partial charge in [-0.3, -0.25) is 14.8 Å². The van der Waals surface area contributed by atoms with E-state index in [4.69, 9.17) is 5.11 Å². The van der Waals surface area contributed by atoms with Gasteiger partial charge < -0.3 is 10.4 Å². The molecule has 0 aliphatic carbocycles. The molecule has 0 saturated heterocycles. The van der Waals surface area contributed by atoms with Gasteiger partial charge in [0.05, 0.1) is 29.2 Å². The quantitative estimate of drug-likeness (QED) is 0.874. The average Bonchev–Trinajstić information content (AvgIpc) is 2.39. The van der Waals surface area contributed by atoms with Crippen LogP contribution < -0.4 is 5.32 Å². The minimum atomic E-state index is -1.20. The van der Waals surface area contributed by atoms with Gasteiger partial charge in [-0.25, -0.2) is 9.18 Å². The Morgan fingerprint density at radius 3 is 2.68 bits per heavy atom. The number of anilines is 1. The van der Waals surface area contributed by atoms with Crippen molar-refractivity contribution in [3.63, 3.8) is 0 Å². The van der Waals surface area contributed by atoms with E-state index < -0.39 is 17.7 Å². The second-order valence-electron chi connectivity index (χ2n) is 3.57. The zero-order valence-corrected chi connectivity index (χ0v) is 9.50. The van der Waals surface area contributed by atoms with Crippen LogP contribution in [0.15, 0.2) is 36.9 Å². The third kappa shape index (κ3) is 2.89. The van der Waals surface area contributed by atoms with Crippen molar-refractivity contribution in [3.05, 3.63) is 53.9 Å². The monoisotopic (exact) mass is 261 g/mol. The lowest BCUT2D eigenvalue weighted by molar-refractivity contribution is 0.0698. The Balaban J connectivity index is 2.27. The number of carbonyl (C=O) groups is 2. The number of rotatable bonds is 3. The maximum absolute atomic E-state index is 12.9. The summed E-state index contributed by atoms with van der Waals surface area (Å²) in [5, 5.41) is 11.3. The molecule has 0 aliphatic heterocycles. The van der Waals surface area contributed by atoms with E-state index in [0.717, 1.165) is 12.3 Å². The van der Waals surface area contributed by atoms with Crippen LogP contribution >= 0.6 is 0 Å². The van der Waals surface area contributed by atoms with Gasteiger partial charge in [0.2, 0.25) is 0 Å². The van der Waals surface area contributed by atoms with Crippen LogP contribution in [0.3, 0.4) is 0 Å². The minimum Gasteiger partial charge on any atom is -0.478 e. The molecule has 2 aromatic heterocycles. The topological polar surface area (TPSA) is 92.2 Å². The fourth-order valence-corrected chi connectivity index (χ4v) is 1.41. The molecule has 0 saturated carbocycles. The number of hydrogen-bond acceptors (Lipinski definition) is 4. The van der Waals surface area contributed by atoms with Gasteiger partial charge in [-0.1, -0.05) is 0 Å². The lowest BCUT2D eigenvalue weighted by Crippen LogP contribution is -2.15.